The zero-order valence-electron chi connectivity index (χ0n) is 10.0. The van der Waals surface area contributed by atoms with Crippen LogP contribution >= 0.6 is 11.8 Å². The van der Waals surface area contributed by atoms with Crippen LogP contribution < -0.4 is 5.32 Å². The van der Waals surface area contributed by atoms with Gasteiger partial charge in [-0.3, -0.25) is 0 Å². The Morgan fingerprint density at radius 1 is 1.38 bits per heavy atom. The summed E-state index contributed by atoms with van der Waals surface area (Å²) in [7, 11) is 0. The Bertz CT molecular complexity index is 417. The summed E-state index contributed by atoms with van der Waals surface area (Å²) in [5.74, 6) is 0. The first-order valence-electron chi connectivity index (χ1n) is 6.25. The van der Waals surface area contributed by atoms with Crippen LogP contribution in [0, 0.1) is 0 Å². The third-order valence-electron chi connectivity index (χ3n) is 4.37. The van der Waals surface area contributed by atoms with Crippen molar-refractivity contribution in [1.29, 1.82) is 0 Å². The van der Waals surface area contributed by atoms with Gasteiger partial charge < -0.3 is 5.32 Å². The number of hydrogen-bond donors (Lipinski definition) is 1. The highest BCUT2D eigenvalue weighted by molar-refractivity contribution is 8.01. The van der Waals surface area contributed by atoms with E-state index in [9.17, 15) is 0 Å². The summed E-state index contributed by atoms with van der Waals surface area (Å²) in [5, 5.41) is 3.82. The van der Waals surface area contributed by atoms with Crippen molar-refractivity contribution in [2.75, 3.05) is 6.54 Å². The van der Waals surface area contributed by atoms with Crippen LogP contribution in [-0.2, 0) is 5.54 Å². The van der Waals surface area contributed by atoms with Gasteiger partial charge in [-0.2, -0.15) is 0 Å². The summed E-state index contributed by atoms with van der Waals surface area (Å²) in [4.78, 5) is 1.49. The van der Waals surface area contributed by atoms with Crippen molar-refractivity contribution in [3.05, 3.63) is 29.8 Å². The van der Waals surface area contributed by atoms with Gasteiger partial charge in [-0.25, -0.2) is 0 Å². The molecule has 2 aliphatic rings. The minimum Gasteiger partial charge on any atom is -0.306 e. The molecule has 1 N–H and O–H groups in total. The summed E-state index contributed by atoms with van der Waals surface area (Å²) in [6.07, 6.45) is 3.82. The normalized spacial score (nSPS) is 36.9. The van der Waals surface area contributed by atoms with Crippen molar-refractivity contribution in [1.82, 2.24) is 5.32 Å². The maximum absolute atomic E-state index is 3.82. The monoisotopic (exact) mass is 233 g/mol. The number of piperidine rings is 1. The molecule has 0 saturated carbocycles. The zero-order valence-corrected chi connectivity index (χ0v) is 10.9. The second-order valence-corrected chi connectivity index (χ2v) is 6.66. The number of nitrogens with one attached hydrogen (secondary N) is 1. The predicted octanol–water partition coefficient (Wildman–Crippen LogP) is 3.54. The molecule has 2 aliphatic heterocycles. The molecule has 0 spiro atoms. The number of fused-ring (bicyclic) bond motifs is 3. The zero-order chi connectivity index (χ0) is 11.2. The summed E-state index contributed by atoms with van der Waals surface area (Å²) < 4.78 is 0.351. The second-order valence-electron chi connectivity index (χ2n) is 5.12. The third-order valence-corrected chi connectivity index (χ3v) is 5.95. The molecule has 2 atom stereocenters. The van der Waals surface area contributed by atoms with Crippen LogP contribution in [0.25, 0.3) is 0 Å². The molecule has 1 aromatic carbocycles. The smallest absolute Gasteiger partial charge is 0.0592 e. The molecular weight excluding hydrogens is 214 g/mol. The molecule has 0 unspecified atom stereocenters. The third kappa shape index (κ3) is 1.17. The maximum atomic E-state index is 3.82. The van der Waals surface area contributed by atoms with Crippen LogP contribution in [0.2, 0.25) is 0 Å². The van der Waals surface area contributed by atoms with E-state index in [-0.39, 0.29) is 5.54 Å². The molecule has 0 aliphatic carbocycles. The van der Waals surface area contributed by atoms with Crippen molar-refractivity contribution in [3.8, 4) is 0 Å². The molecule has 1 aromatic rings. The molecule has 2 heteroatoms. The van der Waals surface area contributed by atoms with E-state index in [1.807, 2.05) is 0 Å². The first kappa shape index (κ1) is 10.7. The quantitative estimate of drug-likeness (QED) is 0.796. The van der Waals surface area contributed by atoms with E-state index >= 15 is 0 Å². The largest absolute Gasteiger partial charge is 0.306 e. The molecule has 0 aromatic heterocycles. The lowest BCUT2D eigenvalue weighted by Gasteiger charge is -2.47. The van der Waals surface area contributed by atoms with Crippen LogP contribution in [0.15, 0.2) is 29.2 Å². The van der Waals surface area contributed by atoms with Gasteiger partial charge in [0.05, 0.1) is 5.54 Å². The van der Waals surface area contributed by atoms with Crippen LogP contribution in [0.5, 0.6) is 0 Å². The van der Waals surface area contributed by atoms with E-state index in [1.165, 1.54) is 36.3 Å². The first-order valence-corrected chi connectivity index (χ1v) is 7.07. The van der Waals surface area contributed by atoms with E-state index in [0.29, 0.717) is 4.75 Å². The Balaban J connectivity index is 2.18. The Labute approximate surface area is 102 Å². The highest BCUT2D eigenvalue weighted by atomic mass is 32.2. The Morgan fingerprint density at radius 3 is 3.00 bits per heavy atom. The molecule has 1 nitrogen and oxygen atoms in total. The fraction of sp³-hybridized carbons (Fsp3) is 0.571. The number of thioether (sulfide) groups is 1. The van der Waals surface area contributed by atoms with E-state index < -0.39 is 0 Å². The molecule has 1 saturated heterocycles. The van der Waals surface area contributed by atoms with Gasteiger partial charge in [0.25, 0.3) is 0 Å². The number of rotatable bonds is 1. The average molecular weight is 233 g/mol. The van der Waals surface area contributed by atoms with Gasteiger partial charge in [0, 0.05) is 9.64 Å². The molecule has 0 amide bonds. The Kier molecular flexibility index (Phi) is 2.34. The van der Waals surface area contributed by atoms with E-state index in [1.54, 1.807) is 0 Å². The minimum atomic E-state index is 0.215. The van der Waals surface area contributed by atoms with Gasteiger partial charge in [0.2, 0.25) is 0 Å². The highest BCUT2D eigenvalue weighted by Gasteiger charge is 2.55. The molecular formula is C14H19NS. The fourth-order valence-electron chi connectivity index (χ4n) is 3.49. The van der Waals surface area contributed by atoms with E-state index in [2.05, 4.69) is 55.2 Å². The lowest BCUT2D eigenvalue weighted by atomic mass is 9.72. The molecule has 86 valence electrons. The lowest BCUT2D eigenvalue weighted by Crippen LogP contribution is -2.57. The van der Waals surface area contributed by atoms with Crippen LogP contribution in [0.3, 0.4) is 0 Å². The SMILES string of the molecule is CC[C@@]12NCCC[C@]1(C)Sc1ccccc12. The van der Waals surface area contributed by atoms with Crippen LogP contribution in [0.4, 0.5) is 0 Å². The summed E-state index contributed by atoms with van der Waals surface area (Å²) in [5.41, 5.74) is 1.75. The fourth-order valence-corrected chi connectivity index (χ4v) is 5.22. The van der Waals surface area contributed by atoms with Crippen molar-refractivity contribution in [2.24, 2.45) is 0 Å². The van der Waals surface area contributed by atoms with Gasteiger partial charge in [-0.05, 0) is 44.4 Å². The number of hydrogen-bond acceptors (Lipinski definition) is 2. The molecule has 3 rings (SSSR count). The summed E-state index contributed by atoms with van der Waals surface area (Å²) >= 11 is 2.08. The van der Waals surface area contributed by atoms with Gasteiger partial charge >= 0.3 is 0 Å². The number of benzene rings is 1. The Morgan fingerprint density at radius 2 is 2.19 bits per heavy atom. The minimum absolute atomic E-state index is 0.215. The summed E-state index contributed by atoms with van der Waals surface area (Å²) in [6.45, 7) is 5.92. The van der Waals surface area contributed by atoms with E-state index in [4.69, 9.17) is 0 Å². The van der Waals surface area contributed by atoms with Gasteiger partial charge in [-0.15, -0.1) is 11.8 Å². The molecule has 2 heterocycles. The van der Waals surface area contributed by atoms with Crippen molar-refractivity contribution < 1.29 is 0 Å². The van der Waals surface area contributed by atoms with Gasteiger partial charge in [0.15, 0.2) is 0 Å². The standard InChI is InChI=1S/C14H19NS/c1-3-14-11-7-4-5-8-12(11)16-13(14,2)9-6-10-15-14/h4-5,7-8,15H,3,6,9-10H2,1-2H3/t13-,14-/m0/s1. The molecule has 1 fully saturated rings. The first-order chi connectivity index (χ1) is 7.72. The predicted molar refractivity (Wildman–Crippen MR) is 69.9 cm³/mol. The Hall–Kier alpha value is -0.470. The maximum Gasteiger partial charge on any atom is 0.0592 e. The van der Waals surface area contributed by atoms with E-state index in [0.717, 1.165) is 0 Å². The van der Waals surface area contributed by atoms with Crippen LogP contribution in [0.1, 0.15) is 38.7 Å². The van der Waals surface area contributed by atoms with Crippen molar-refractivity contribution in [3.63, 3.8) is 0 Å². The lowest BCUT2D eigenvalue weighted by molar-refractivity contribution is 0.198. The topological polar surface area (TPSA) is 12.0 Å². The van der Waals surface area contributed by atoms with Crippen molar-refractivity contribution >= 4 is 11.8 Å². The van der Waals surface area contributed by atoms with Gasteiger partial charge in [-0.1, -0.05) is 25.1 Å². The molecule has 0 bridgehead atoms. The highest BCUT2D eigenvalue weighted by Crippen LogP contribution is 2.59. The average Bonchev–Trinajstić information content (AvgIpc) is 2.57. The van der Waals surface area contributed by atoms with Crippen LogP contribution in [-0.4, -0.2) is 11.3 Å². The summed E-state index contributed by atoms with van der Waals surface area (Å²) in [6, 6.07) is 8.94. The van der Waals surface area contributed by atoms with Crippen molar-refractivity contribution in [2.45, 2.75) is 48.3 Å². The van der Waals surface area contributed by atoms with Gasteiger partial charge in [0.1, 0.15) is 0 Å². The molecule has 16 heavy (non-hydrogen) atoms. The molecule has 0 radical (unpaired) electrons. The second kappa shape index (κ2) is 3.51.